The van der Waals surface area contributed by atoms with Crippen molar-refractivity contribution in [1.82, 2.24) is 20.3 Å². The van der Waals surface area contributed by atoms with Crippen LogP contribution in [0.2, 0.25) is 0 Å². The maximum absolute atomic E-state index is 8.58. The van der Waals surface area contributed by atoms with E-state index in [1.54, 1.807) is 6.07 Å². The first kappa shape index (κ1) is 38.1. The third-order valence-electron chi connectivity index (χ3n) is 8.83. The van der Waals surface area contributed by atoms with E-state index in [2.05, 4.69) is 50.6 Å². The average molecular weight is 877 g/mol. The second-order valence-electron chi connectivity index (χ2n) is 12.2. The average Bonchev–Trinajstić information content (AvgIpc) is 3.17. The molecule has 8 nitrogen and oxygen atoms in total. The Balaban J connectivity index is 0.000000146. The van der Waals surface area contributed by atoms with E-state index in [1.807, 2.05) is 78.9 Å². The van der Waals surface area contributed by atoms with Gasteiger partial charge in [0.15, 0.2) is 0 Å². The number of nitriles is 1. The Morgan fingerprint density at radius 1 is 0.694 bits per heavy atom. The van der Waals surface area contributed by atoms with Crippen LogP contribution in [0.25, 0.3) is 21.8 Å². The maximum Gasteiger partial charge on any atom is 0.141 e. The van der Waals surface area contributed by atoms with E-state index in [9.17, 15) is 0 Å². The molecule has 3 atom stereocenters. The molecular weight excluding hydrogens is 831 g/mol. The van der Waals surface area contributed by atoms with Crippen molar-refractivity contribution in [3.8, 4) is 6.07 Å². The van der Waals surface area contributed by atoms with Gasteiger partial charge in [-0.2, -0.15) is 5.26 Å². The number of nitrogens with two attached hydrogens (primary N) is 3. The fourth-order valence-electron chi connectivity index (χ4n) is 6.13. The molecule has 0 spiro atoms. The van der Waals surface area contributed by atoms with Crippen LogP contribution in [0, 0.1) is 48.4 Å². The van der Waals surface area contributed by atoms with Gasteiger partial charge in [-0.15, -0.1) is 0 Å². The standard InChI is InChI=1S/C10H16N2.C10H14N2.C10H10N2.C10H6N2.U/c4*11-7-9-6-5-8-3-1-2-4-10(8)12-9;/h1-4,8-10,12H,5-7,11H2;5-6H,1-4,7,11H2;1-6H,7,11H2;1-6H;. The van der Waals surface area contributed by atoms with Crippen LogP contribution in [0.1, 0.15) is 54.0 Å². The Morgan fingerprint density at radius 2 is 1.33 bits per heavy atom. The molecule has 0 radical (unpaired) electrons. The molecule has 2 aliphatic carbocycles. The van der Waals surface area contributed by atoms with E-state index in [0.717, 1.165) is 46.2 Å². The van der Waals surface area contributed by atoms with Crippen LogP contribution in [0.4, 0.5) is 0 Å². The predicted molar refractivity (Wildman–Crippen MR) is 196 cm³/mol. The number of fused-ring (bicyclic) bond motifs is 4. The minimum Gasteiger partial charge on any atom is -0.329 e. The summed E-state index contributed by atoms with van der Waals surface area (Å²) >= 11 is 0. The molecule has 8 rings (SSSR count). The van der Waals surface area contributed by atoms with E-state index in [4.69, 9.17) is 22.5 Å². The number of benzene rings is 2. The second-order valence-corrected chi connectivity index (χ2v) is 12.2. The zero-order valence-corrected chi connectivity index (χ0v) is 32.2. The number of allylic oxidation sites excluding steroid dienone is 2. The first-order valence-electron chi connectivity index (χ1n) is 16.9. The molecule has 5 aromatic rings. The van der Waals surface area contributed by atoms with Crippen LogP contribution >= 0.6 is 0 Å². The van der Waals surface area contributed by atoms with Crippen molar-refractivity contribution in [1.29, 1.82) is 5.26 Å². The molecule has 250 valence electrons. The molecule has 4 heterocycles. The Kier molecular flexibility index (Phi) is 15.6. The summed E-state index contributed by atoms with van der Waals surface area (Å²) in [5.74, 6) is 0.706. The third kappa shape index (κ3) is 11.1. The molecule has 2 aromatic carbocycles. The molecule has 0 amide bonds. The first-order chi connectivity index (χ1) is 23.6. The number of rotatable bonds is 3. The Bertz CT molecular complexity index is 1880. The van der Waals surface area contributed by atoms with Gasteiger partial charge < -0.3 is 22.5 Å². The van der Waals surface area contributed by atoms with Gasteiger partial charge in [0.05, 0.1) is 22.4 Å². The molecule has 1 fully saturated rings. The quantitative estimate of drug-likeness (QED) is 0.172. The second kappa shape index (κ2) is 20.1. The molecular formula is C40H46N8U. The molecule has 1 saturated heterocycles. The van der Waals surface area contributed by atoms with E-state index in [1.165, 1.54) is 43.4 Å². The van der Waals surface area contributed by atoms with Gasteiger partial charge >= 0.3 is 0 Å². The van der Waals surface area contributed by atoms with Gasteiger partial charge in [0.25, 0.3) is 0 Å². The van der Waals surface area contributed by atoms with Crippen molar-refractivity contribution in [2.24, 2.45) is 23.1 Å². The largest absolute Gasteiger partial charge is 0.329 e. The number of nitrogens with zero attached hydrogens (tertiary/aromatic N) is 4. The predicted octanol–water partition coefficient (Wildman–Crippen LogP) is 6.03. The smallest absolute Gasteiger partial charge is 0.141 e. The van der Waals surface area contributed by atoms with Crippen molar-refractivity contribution in [2.45, 2.75) is 63.7 Å². The first-order valence-corrected chi connectivity index (χ1v) is 16.9. The molecule has 49 heavy (non-hydrogen) atoms. The van der Waals surface area contributed by atoms with Gasteiger partial charge in [-0.05, 0) is 86.4 Å². The molecule has 1 aliphatic heterocycles. The fraction of sp³-hybridized carbons (Fsp3) is 0.300. The number of aryl methyl sites for hydroxylation is 2. The minimum atomic E-state index is 0. The SMILES string of the molecule is N#Cc1ccc2ccccc2n1.NCC1CCC2C=CC=CC2N1.NCc1ccc2c(n1)CCCC2.NCc1ccc2ccccc2n1.[U]. The zero-order valence-electron chi connectivity index (χ0n) is 28.0. The van der Waals surface area contributed by atoms with Gasteiger partial charge in [0.1, 0.15) is 11.8 Å². The molecule has 0 bridgehead atoms. The normalized spacial score (nSPS) is 18.4. The summed E-state index contributed by atoms with van der Waals surface area (Å²) in [5.41, 5.74) is 23.6. The monoisotopic (exact) mass is 876 g/mol. The van der Waals surface area contributed by atoms with Crippen LogP contribution < -0.4 is 22.5 Å². The molecule has 3 aromatic heterocycles. The van der Waals surface area contributed by atoms with Gasteiger partial charge in [0, 0.05) is 79.3 Å². The zero-order chi connectivity index (χ0) is 33.6. The third-order valence-corrected chi connectivity index (χ3v) is 8.83. The van der Waals surface area contributed by atoms with E-state index < -0.39 is 0 Å². The number of piperidine rings is 1. The van der Waals surface area contributed by atoms with Gasteiger partial charge in [-0.3, -0.25) is 9.97 Å². The summed E-state index contributed by atoms with van der Waals surface area (Å²) in [6.07, 6.45) is 16.2. The van der Waals surface area contributed by atoms with Crippen molar-refractivity contribution in [3.05, 3.63) is 138 Å². The van der Waals surface area contributed by atoms with E-state index in [-0.39, 0.29) is 31.1 Å². The number of hydrogen-bond donors (Lipinski definition) is 4. The summed E-state index contributed by atoms with van der Waals surface area (Å²) < 4.78 is 0. The van der Waals surface area contributed by atoms with Gasteiger partial charge in [-0.1, -0.05) is 72.8 Å². The Labute approximate surface area is 313 Å². The molecule has 3 unspecified atom stereocenters. The number of hydrogen-bond acceptors (Lipinski definition) is 8. The van der Waals surface area contributed by atoms with Crippen molar-refractivity contribution >= 4 is 21.8 Å². The number of para-hydroxylation sites is 2. The van der Waals surface area contributed by atoms with Crippen molar-refractivity contribution in [3.63, 3.8) is 0 Å². The van der Waals surface area contributed by atoms with E-state index >= 15 is 0 Å². The summed E-state index contributed by atoms with van der Waals surface area (Å²) in [5, 5.41) is 14.4. The molecule has 7 N–H and O–H groups in total. The van der Waals surface area contributed by atoms with Crippen molar-refractivity contribution in [2.75, 3.05) is 6.54 Å². The van der Waals surface area contributed by atoms with Gasteiger partial charge in [-0.25, -0.2) is 4.98 Å². The Morgan fingerprint density at radius 3 is 2.04 bits per heavy atom. The summed E-state index contributed by atoms with van der Waals surface area (Å²) in [6, 6.07) is 30.7. The maximum atomic E-state index is 8.58. The molecule has 3 aliphatic rings. The van der Waals surface area contributed by atoms with Crippen LogP contribution in [0.5, 0.6) is 0 Å². The summed E-state index contributed by atoms with van der Waals surface area (Å²) in [6.45, 7) is 1.83. The molecule has 0 saturated carbocycles. The van der Waals surface area contributed by atoms with E-state index in [0.29, 0.717) is 36.8 Å². The Hall–Kier alpha value is -3.73. The van der Waals surface area contributed by atoms with Crippen LogP contribution in [-0.2, 0) is 25.9 Å². The topological polar surface area (TPSA) is 153 Å². The van der Waals surface area contributed by atoms with Crippen LogP contribution in [0.15, 0.2) is 109 Å². The van der Waals surface area contributed by atoms with Gasteiger partial charge in [0.2, 0.25) is 0 Å². The van der Waals surface area contributed by atoms with Crippen LogP contribution in [-0.4, -0.2) is 33.6 Å². The number of nitrogens with one attached hydrogen (secondary N) is 1. The fourth-order valence-corrected chi connectivity index (χ4v) is 6.13. The number of pyridine rings is 3. The molecule has 9 heteroatoms. The summed E-state index contributed by atoms with van der Waals surface area (Å²) in [7, 11) is 0. The number of aromatic nitrogens is 3. The van der Waals surface area contributed by atoms with Crippen molar-refractivity contribution < 1.29 is 31.1 Å². The summed E-state index contributed by atoms with van der Waals surface area (Å²) in [4.78, 5) is 13.0. The minimum absolute atomic E-state index is 0. The van der Waals surface area contributed by atoms with Crippen LogP contribution in [0.3, 0.4) is 0 Å².